The smallest absolute Gasteiger partial charge is 0.228 e. The fourth-order valence-electron chi connectivity index (χ4n) is 3.04. The van der Waals surface area contributed by atoms with Crippen molar-refractivity contribution in [3.8, 4) is 11.1 Å². The number of benzene rings is 2. The third kappa shape index (κ3) is 4.09. The van der Waals surface area contributed by atoms with Crippen LogP contribution in [0, 0.1) is 5.82 Å². The Morgan fingerprint density at radius 2 is 2.11 bits per heavy atom. The van der Waals surface area contributed by atoms with E-state index in [1.807, 2.05) is 10.9 Å². The second-order valence-corrected chi connectivity index (χ2v) is 7.80. The normalized spacial score (nSPS) is 14.7. The Labute approximate surface area is 164 Å². The summed E-state index contributed by atoms with van der Waals surface area (Å²) in [5, 5.41) is 12.7. The van der Waals surface area contributed by atoms with Gasteiger partial charge in [0.2, 0.25) is 5.91 Å². The zero-order valence-electron chi connectivity index (χ0n) is 15.0. The van der Waals surface area contributed by atoms with Crippen LogP contribution in [0.4, 0.5) is 10.1 Å². The van der Waals surface area contributed by atoms with E-state index in [1.165, 1.54) is 6.07 Å². The Bertz CT molecular complexity index is 1020. The molecule has 1 fully saturated rings. The first kappa shape index (κ1) is 18.7. The molecule has 6 nitrogen and oxygen atoms in total. The zero-order chi connectivity index (χ0) is 19.7. The predicted molar refractivity (Wildman–Crippen MR) is 105 cm³/mol. The van der Waals surface area contributed by atoms with E-state index >= 15 is 0 Å². The summed E-state index contributed by atoms with van der Waals surface area (Å²) in [5.41, 5.74) is 2.30. The summed E-state index contributed by atoms with van der Waals surface area (Å²) >= 11 is -1.74. The molecule has 1 aliphatic rings. The van der Waals surface area contributed by atoms with Gasteiger partial charge in [-0.1, -0.05) is 18.2 Å². The van der Waals surface area contributed by atoms with Crippen molar-refractivity contribution in [1.29, 1.82) is 0 Å². The molecule has 144 valence electrons. The van der Waals surface area contributed by atoms with Crippen molar-refractivity contribution in [3.63, 3.8) is 0 Å². The molecule has 0 spiro atoms. The number of carbonyl (C=O) groups is 1. The summed E-state index contributed by atoms with van der Waals surface area (Å²) in [6.07, 6.45) is 5.78. The average molecular weight is 398 g/mol. The molecule has 1 amide bonds. The molecule has 28 heavy (non-hydrogen) atoms. The average Bonchev–Trinajstić information content (AvgIpc) is 3.41. The molecule has 0 radical (unpaired) electrons. The van der Waals surface area contributed by atoms with Crippen LogP contribution in [0.3, 0.4) is 0 Å². The molecule has 1 atom stereocenters. The number of amides is 1. The molecule has 1 unspecified atom stereocenters. The van der Waals surface area contributed by atoms with Gasteiger partial charge >= 0.3 is 0 Å². The van der Waals surface area contributed by atoms with E-state index in [-0.39, 0.29) is 12.3 Å². The maximum Gasteiger partial charge on any atom is 0.228 e. The predicted octanol–water partition coefficient (Wildman–Crippen LogP) is 3.19. The fourth-order valence-corrected chi connectivity index (χ4v) is 3.69. The number of halogens is 1. The molecule has 1 heterocycles. The van der Waals surface area contributed by atoms with Gasteiger partial charge < -0.3 is 9.87 Å². The van der Waals surface area contributed by atoms with Gasteiger partial charge in [-0.25, -0.2) is 4.39 Å². The summed E-state index contributed by atoms with van der Waals surface area (Å²) in [6, 6.07) is 11.6. The van der Waals surface area contributed by atoms with E-state index in [0.29, 0.717) is 27.8 Å². The highest BCUT2D eigenvalue weighted by atomic mass is 32.2. The summed E-state index contributed by atoms with van der Waals surface area (Å²) in [4.78, 5) is 12.7. The van der Waals surface area contributed by atoms with Crippen molar-refractivity contribution in [2.24, 2.45) is 5.14 Å². The van der Waals surface area contributed by atoms with Crippen molar-refractivity contribution in [2.45, 2.75) is 30.2 Å². The number of hydrogen-bond acceptors (Lipinski definition) is 4. The van der Waals surface area contributed by atoms with Gasteiger partial charge in [0.05, 0.1) is 30.0 Å². The summed E-state index contributed by atoms with van der Waals surface area (Å²) in [6.45, 7) is 0. The molecule has 1 aliphatic carbocycles. The first-order chi connectivity index (χ1) is 13.5. The van der Waals surface area contributed by atoms with Gasteiger partial charge in [-0.3, -0.25) is 9.48 Å². The van der Waals surface area contributed by atoms with E-state index < -0.39 is 17.2 Å². The maximum absolute atomic E-state index is 13.7. The third-order valence-electron chi connectivity index (χ3n) is 4.62. The molecular weight excluding hydrogens is 379 g/mol. The number of nitrogens with one attached hydrogen (secondary N) is 1. The molecular formula is C20H19FN4O2S. The Balaban J connectivity index is 1.54. The monoisotopic (exact) mass is 398 g/mol. The number of nitrogens with zero attached hydrogens (tertiary/aromatic N) is 2. The Morgan fingerprint density at radius 1 is 1.32 bits per heavy atom. The number of nitrogens with two attached hydrogens (primary N) is 1. The second-order valence-electron chi connectivity index (χ2n) is 6.76. The van der Waals surface area contributed by atoms with Crippen molar-refractivity contribution in [3.05, 3.63) is 66.2 Å². The minimum absolute atomic E-state index is 0.0936. The van der Waals surface area contributed by atoms with E-state index in [9.17, 15) is 13.7 Å². The maximum atomic E-state index is 13.7. The fraction of sp³-hybridized carbons (Fsp3) is 0.200. The highest BCUT2D eigenvalue weighted by Crippen LogP contribution is 2.36. The minimum atomic E-state index is -1.74. The number of hydrogen-bond donors (Lipinski definition) is 2. The van der Waals surface area contributed by atoms with Crippen LogP contribution < -0.4 is 10.5 Å². The van der Waals surface area contributed by atoms with Crippen LogP contribution in [0.25, 0.3) is 11.1 Å². The van der Waals surface area contributed by atoms with Crippen molar-refractivity contribution >= 4 is 23.0 Å². The van der Waals surface area contributed by atoms with Gasteiger partial charge in [0, 0.05) is 29.1 Å². The topological polar surface area (TPSA) is 96.0 Å². The van der Waals surface area contributed by atoms with E-state index in [1.54, 1.807) is 42.6 Å². The Morgan fingerprint density at radius 3 is 2.82 bits per heavy atom. The van der Waals surface area contributed by atoms with E-state index in [2.05, 4.69) is 10.4 Å². The number of carbonyl (C=O) groups excluding carboxylic acids is 1. The molecule has 1 aromatic heterocycles. The van der Waals surface area contributed by atoms with Crippen LogP contribution in [0.15, 0.2) is 59.8 Å². The lowest BCUT2D eigenvalue weighted by atomic mass is 10.1. The minimum Gasteiger partial charge on any atom is -0.593 e. The van der Waals surface area contributed by atoms with Crippen LogP contribution in [-0.2, 0) is 22.6 Å². The van der Waals surface area contributed by atoms with Crippen LogP contribution in [0.5, 0.6) is 0 Å². The molecule has 0 aliphatic heterocycles. The Hall–Kier alpha value is -2.68. The van der Waals surface area contributed by atoms with Crippen molar-refractivity contribution in [2.75, 3.05) is 5.32 Å². The number of rotatable bonds is 6. The largest absolute Gasteiger partial charge is 0.593 e. The molecule has 4 rings (SSSR count). The van der Waals surface area contributed by atoms with Crippen LogP contribution in [-0.4, -0.2) is 20.2 Å². The second kappa shape index (κ2) is 7.75. The molecule has 0 saturated heterocycles. The number of aromatic nitrogens is 2. The summed E-state index contributed by atoms with van der Waals surface area (Å²) in [5.74, 6) is -0.794. The van der Waals surface area contributed by atoms with Gasteiger partial charge in [0.1, 0.15) is 5.82 Å². The SMILES string of the molecule is N[S+]([O-])c1cc(NC(=O)Cc2ccccc2F)ccc1-c1cnn(C2CC2)c1. The Kier molecular flexibility index (Phi) is 5.17. The molecule has 1 saturated carbocycles. The highest BCUT2D eigenvalue weighted by Gasteiger charge is 2.25. The highest BCUT2D eigenvalue weighted by molar-refractivity contribution is 7.89. The van der Waals surface area contributed by atoms with Crippen molar-refractivity contribution < 1.29 is 13.7 Å². The van der Waals surface area contributed by atoms with Gasteiger partial charge in [0.15, 0.2) is 4.90 Å². The standard InChI is InChI=1S/C20H19FN4O2S/c21-18-4-2-1-3-13(18)9-20(26)24-15-5-8-17(19(10-15)28(22)27)14-11-23-25(12-14)16-6-7-16/h1-5,8,10-12,16H,6-7,9,22H2,(H,24,26). The molecule has 2 aromatic carbocycles. The molecule has 0 bridgehead atoms. The summed E-state index contributed by atoms with van der Waals surface area (Å²) < 4.78 is 27.7. The number of anilines is 1. The molecule has 8 heteroatoms. The van der Waals surface area contributed by atoms with Crippen LogP contribution in [0.1, 0.15) is 24.4 Å². The molecule has 3 N–H and O–H groups in total. The lowest BCUT2D eigenvalue weighted by Gasteiger charge is -2.11. The van der Waals surface area contributed by atoms with Crippen LogP contribution >= 0.6 is 0 Å². The van der Waals surface area contributed by atoms with Gasteiger partial charge in [-0.2, -0.15) is 5.10 Å². The van der Waals surface area contributed by atoms with Crippen LogP contribution in [0.2, 0.25) is 0 Å². The van der Waals surface area contributed by atoms with Crippen molar-refractivity contribution in [1.82, 2.24) is 9.78 Å². The molecule has 3 aromatic rings. The lowest BCUT2D eigenvalue weighted by molar-refractivity contribution is -0.115. The van der Waals surface area contributed by atoms with Gasteiger partial charge in [-0.15, -0.1) is 5.14 Å². The zero-order valence-corrected chi connectivity index (χ0v) is 15.8. The van der Waals surface area contributed by atoms with Gasteiger partial charge in [0.25, 0.3) is 0 Å². The summed E-state index contributed by atoms with van der Waals surface area (Å²) in [7, 11) is 0. The first-order valence-corrected chi connectivity index (χ1v) is 10.1. The van der Waals surface area contributed by atoms with E-state index in [0.717, 1.165) is 18.4 Å². The van der Waals surface area contributed by atoms with E-state index in [4.69, 9.17) is 5.14 Å². The van der Waals surface area contributed by atoms with Gasteiger partial charge in [-0.05, 0) is 36.6 Å². The third-order valence-corrected chi connectivity index (χ3v) is 5.40. The first-order valence-electron chi connectivity index (χ1n) is 8.89. The lowest BCUT2D eigenvalue weighted by Crippen LogP contribution is -2.17. The quantitative estimate of drug-likeness (QED) is 0.623.